The molecule has 0 unspecified atom stereocenters. The first-order valence-corrected chi connectivity index (χ1v) is 16.1. The van der Waals surface area contributed by atoms with Crippen molar-refractivity contribution in [1.29, 1.82) is 0 Å². The Balaban J connectivity index is 1.72. The van der Waals surface area contributed by atoms with Gasteiger partial charge in [-0.2, -0.15) is 0 Å². The van der Waals surface area contributed by atoms with Gasteiger partial charge in [0.25, 0.3) is 10.0 Å². The third-order valence-electron chi connectivity index (χ3n) is 7.25. The number of amides is 2. The van der Waals surface area contributed by atoms with Crippen LogP contribution in [0.3, 0.4) is 0 Å². The second-order valence-corrected chi connectivity index (χ2v) is 12.9. The quantitative estimate of drug-likeness (QED) is 0.262. The van der Waals surface area contributed by atoms with Gasteiger partial charge in [-0.15, -0.1) is 0 Å². The van der Waals surface area contributed by atoms with Gasteiger partial charge in [0.05, 0.1) is 17.2 Å². The van der Waals surface area contributed by atoms with E-state index in [2.05, 4.69) is 5.32 Å². The largest absolute Gasteiger partial charge is 0.492 e. The molecule has 1 aliphatic rings. The van der Waals surface area contributed by atoms with Crippen molar-refractivity contribution in [3.8, 4) is 5.75 Å². The van der Waals surface area contributed by atoms with Gasteiger partial charge in [0.1, 0.15) is 18.3 Å². The lowest BCUT2D eigenvalue weighted by molar-refractivity contribution is -0.139. The molecule has 4 rings (SSSR count). The molecular weight excluding hydrogens is 597 g/mol. The van der Waals surface area contributed by atoms with Gasteiger partial charge in [0.15, 0.2) is 0 Å². The summed E-state index contributed by atoms with van der Waals surface area (Å²) < 4.78 is 34.9. The van der Waals surface area contributed by atoms with Crippen molar-refractivity contribution in [3.05, 3.63) is 88.4 Å². The van der Waals surface area contributed by atoms with E-state index in [0.29, 0.717) is 22.4 Å². The predicted molar refractivity (Wildman–Crippen MR) is 165 cm³/mol. The number of carbonyl (C=O) groups excluding carboxylic acids is 2. The molecular formula is C31H35Cl2N3O5S. The smallest absolute Gasteiger partial charge is 0.264 e. The molecule has 3 aromatic carbocycles. The Morgan fingerprint density at radius 3 is 2.17 bits per heavy atom. The molecule has 11 heteroatoms. The summed E-state index contributed by atoms with van der Waals surface area (Å²) >= 11 is 12.1. The van der Waals surface area contributed by atoms with E-state index in [-0.39, 0.29) is 29.1 Å². The Morgan fingerprint density at radius 1 is 0.952 bits per heavy atom. The van der Waals surface area contributed by atoms with Crippen molar-refractivity contribution in [2.24, 2.45) is 0 Å². The second kappa shape index (κ2) is 14.3. The number of nitrogens with zero attached hydrogens (tertiary/aromatic N) is 2. The predicted octanol–water partition coefficient (Wildman–Crippen LogP) is 6.06. The first-order valence-electron chi connectivity index (χ1n) is 13.9. The molecule has 1 N–H and O–H groups in total. The van der Waals surface area contributed by atoms with E-state index < -0.39 is 28.5 Å². The van der Waals surface area contributed by atoms with Crippen LogP contribution in [-0.2, 0) is 26.2 Å². The number of anilines is 1. The van der Waals surface area contributed by atoms with Crippen LogP contribution in [0.4, 0.5) is 5.69 Å². The van der Waals surface area contributed by atoms with Crippen LogP contribution in [0, 0.1) is 0 Å². The molecule has 1 atom stereocenters. The van der Waals surface area contributed by atoms with E-state index in [9.17, 15) is 18.0 Å². The number of hydrogen-bond acceptors (Lipinski definition) is 5. The number of ether oxygens (including phenoxy) is 1. The van der Waals surface area contributed by atoms with Gasteiger partial charge in [-0.3, -0.25) is 13.9 Å². The number of benzene rings is 3. The van der Waals surface area contributed by atoms with Gasteiger partial charge >= 0.3 is 0 Å². The summed E-state index contributed by atoms with van der Waals surface area (Å²) in [5.74, 6) is -0.532. The molecule has 0 aromatic heterocycles. The summed E-state index contributed by atoms with van der Waals surface area (Å²) in [6, 6.07) is 18.5. The van der Waals surface area contributed by atoms with Gasteiger partial charge in [0, 0.05) is 22.6 Å². The van der Waals surface area contributed by atoms with Crippen molar-refractivity contribution in [2.45, 2.75) is 63.1 Å². The molecule has 2 amide bonds. The van der Waals surface area contributed by atoms with Crippen LogP contribution in [0.25, 0.3) is 0 Å². The van der Waals surface area contributed by atoms with Crippen molar-refractivity contribution in [3.63, 3.8) is 0 Å². The number of rotatable bonds is 12. The zero-order valence-corrected chi connectivity index (χ0v) is 26.0. The van der Waals surface area contributed by atoms with Crippen LogP contribution in [0.1, 0.15) is 45.1 Å². The highest BCUT2D eigenvalue weighted by Crippen LogP contribution is 2.33. The van der Waals surface area contributed by atoms with Gasteiger partial charge < -0.3 is 15.0 Å². The van der Waals surface area contributed by atoms with Crippen molar-refractivity contribution in [2.75, 3.05) is 17.5 Å². The van der Waals surface area contributed by atoms with E-state index in [1.54, 1.807) is 62.4 Å². The maximum absolute atomic E-state index is 14.1. The fourth-order valence-electron chi connectivity index (χ4n) is 4.95. The van der Waals surface area contributed by atoms with Crippen LogP contribution in [0.15, 0.2) is 77.7 Å². The van der Waals surface area contributed by atoms with Gasteiger partial charge in [-0.05, 0) is 80.8 Å². The first kappa shape index (κ1) is 31.7. The van der Waals surface area contributed by atoms with Gasteiger partial charge in [-0.25, -0.2) is 8.42 Å². The summed E-state index contributed by atoms with van der Waals surface area (Å²) in [5.41, 5.74) is 0.951. The van der Waals surface area contributed by atoms with Crippen LogP contribution < -0.4 is 14.4 Å². The molecule has 1 aliphatic carbocycles. The molecule has 0 radical (unpaired) electrons. The lowest BCUT2D eigenvalue weighted by Crippen LogP contribution is -2.52. The SMILES string of the molecule is CCOc1ccccc1N(CC(=O)N(Cc1ccc(Cl)cc1)[C@H](C)C(=O)NC1CCCC1)S(=O)(=O)c1ccc(Cl)cc1. The Hall–Kier alpha value is -3.27. The second-order valence-electron chi connectivity index (χ2n) is 10.2. The lowest BCUT2D eigenvalue weighted by atomic mass is 10.1. The number of sulfonamides is 1. The maximum Gasteiger partial charge on any atom is 0.264 e. The standard InChI is InChI=1S/C31H35Cl2N3O5S/c1-3-41-29-11-7-6-10-28(29)36(42(39,40)27-18-16-25(33)17-19-27)21-30(37)35(20-23-12-14-24(32)15-13-23)22(2)31(38)34-26-8-4-5-9-26/h6-7,10-19,22,26H,3-5,8-9,20-21H2,1-2H3,(H,34,38)/t22-/m1/s1. The van der Waals surface area contributed by atoms with Crippen molar-refractivity contribution in [1.82, 2.24) is 10.2 Å². The minimum atomic E-state index is -4.25. The molecule has 0 spiro atoms. The molecule has 0 aliphatic heterocycles. The fraction of sp³-hybridized carbons (Fsp3) is 0.355. The first-order chi connectivity index (χ1) is 20.1. The number of hydrogen-bond donors (Lipinski definition) is 1. The van der Waals surface area contributed by atoms with E-state index in [0.717, 1.165) is 35.6 Å². The monoisotopic (exact) mass is 631 g/mol. The minimum absolute atomic E-state index is 0.0396. The van der Waals surface area contributed by atoms with E-state index >= 15 is 0 Å². The molecule has 42 heavy (non-hydrogen) atoms. The fourth-order valence-corrected chi connectivity index (χ4v) is 6.63. The van der Waals surface area contributed by atoms with Crippen molar-refractivity contribution >= 4 is 50.7 Å². The zero-order valence-electron chi connectivity index (χ0n) is 23.6. The highest BCUT2D eigenvalue weighted by molar-refractivity contribution is 7.92. The highest BCUT2D eigenvalue weighted by Gasteiger charge is 2.34. The molecule has 1 saturated carbocycles. The number of halogens is 2. The maximum atomic E-state index is 14.1. The number of para-hydroxylation sites is 2. The Bertz CT molecular complexity index is 1480. The highest BCUT2D eigenvalue weighted by atomic mass is 35.5. The molecule has 0 heterocycles. The summed E-state index contributed by atoms with van der Waals surface area (Å²) in [5, 5.41) is 3.98. The summed E-state index contributed by atoms with van der Waals surface area (Å²) in [6.45, 7) is 3.25. The zero-order chi connectivity index (χ0) is 30.3. The van der Waals surface area contributed by atoms with Crippen LogP contribution >= 0.6 is 23.2 Å². The third-order valence-corrected chi connectivity index (χ3v) is 9.53. The molecule has 3 aromatic rings. The van der Waals surface area contributed by atoms with Crippen molar-refractivity contribution < 1.29 is 22.7 Å². The van der Waals surface area contributed by atoms with E-state index in [4.69, 9.17) is 27.9 Å². The van der Waals surface area contributed by atoms with Crippen LogP contribution in [0.5, 0.6) is 5.75 Å². The molecule has 1 fully saturated rings. The Labute approximate surface area is 257 Å². The molecule has 0 saturated heterocycles. The number of nitrogens with one attached hydrogen (secondary N) is 1. The van der Waals surface area contributed by atoms with Gasteiger partial charge in [0.2, 0.25) is 11.8 Å². The normalized spacial score (nSPS) is 14.3. The van der Waals surface area contributed by atoms with E-state index in [1.807, 2.05) is 0 Å². The Kier molecular flexibility index (Phi) is 10.8. The molecule has 224 valence electrons. The molecule has 0 bridgehead atoms. The average molecular weight is 633 g/mol. The lowest BCUT2D eigenvalue weighted by Gasteiger charge is -2.33. The van der Waals surface area contributed by atoms with Gasteiger partial charge in [-0.1, -0.05) is 60.3 Å². The van der Waals surface area contributed by atoms with E-state index in [1.165, 1.54) is 29.2 Å². The van der Waals surface area contributed by atoms with Crippen LogP contribution in [0.2, 0.25) is 10.0 Å². The summed E-state index contributed by atoms with van der Waals surface area (Å²) in [7, 11) is -4.25. The number of carbonyl (C=O) groups is 2. The third kappa shape index (κ3) is 7.76. The van der Waals surface area contributed by atoms with Crippen LogP contribution in [-0.4, -0.2) is 50.4 Å². The summed E-state index contributed by atoms with van der Waals surface area (Å²) in [4.78, 5) is 28.8. The minimum Gasteiger partial charge on any atom is -0.492 e. The Morgan fingerprint density at radius 2 is 1.55 bits per heavy atom. The molecule has 8 nitrogen and oxygen atoms in total. The topological polar surface area (TPSA) is 96.0 Å². The summed E-state index contributed by atoms with van der Waals surface area (Å²) in [6.07, 6.45) is 3.88. The average Bonchev–Trinajstić information content (AvgIpc) is 3.49.